The van der Waals surface area contributed by atoms with Crippen LogP contribution in [0.25, 0.3) is 0 Å². The highest BCUT2D eigenvalue weighted by molar-refractivity contribution is 8.01. The highest BCUT2D eigenvalue weighted by Crippen LogP contribution is 2.27. The molecule has 2 aromatic rings. The zero-order valence-electron chi connectivity index (χ0n) is 12.0. The number of nitrogens with zero attached hydrogens (tertiary/aromatic N) is 3. The molecule has 0 saturated heterocycles. The molecule has 116 valence electrons. The van der Waals surface area contributed by atoms with Crippen molar-refractivity contribution in [2.45, 2.75) is 18.2 Å². The number of rotatable bonds is 6. The second-order valence-corrected chi connectivity index (χ2v) is 7.08. The highest BCUT2D eigenvalue weighted by atomic mass is 32.2. The zero-order valence-corrected chi connectivity index (χ0v) is 13.6. The first-order chi connectivity index (χ1) is 10.5. The van der Waals surface area contributed by atoms with E-state index in [1.54, 1.807) is 11.8 Å². The van der Waals surface area contributed by atoms with E-state index in [1.165, 1.54) is 35.6 Å². The zero-order chi connectivity index (χ0) is 16.1. The molecule has 1 aromatic carbocycles. The van der Waals surface area contributed by atoms with Crippen molar-refractivity contribution in [1.29, 1.82) is 0 Å². The molecule has 0 aliphatic carbocycles. The summed E-state index contributed by atoms with van der Waals surface area (Å²) < 4.78 is 0.781. The molecule has 0 atom stereocenters. The van der Waals surface area contributed by atoms with Gasteiger partial charge in [-0.1, -0.05) is 43.0 Å². The summed E-state index contributed by atoms with van der Waals surface area (Å²) in [6.45, 7) is 4.22. The first-order valence-corrected chi connectivity index (χ1v) is 8.28. The van der Waals surface area contributed by atoms with Crippen LogP contribution in [0.15, 0.2) is 28.6 Å². The Balaban J connectivity index is 2.03. The van der Waals surface area contributed by atoms with Gasteiger partial charge in [-0.2, -0.15) is 0 Å². The number of hydrogen-bond donors (Lipinski definition) is 1. The lowest BCUT2D eigenvalue weighted by atomic mass is 10.2. The molecule has 7 nitrogen and oxygen atoms in total. The molecular weight excluding hydrogens is 324 g/mol. The molecule has 0 unspecified atom stereocenters. The number of benzene rings is 1. The van der Waals surface area contributed by atoms with Crippen LogP contribution in [0.3, 0.4) is 0 Å². The van der Waals surface area contributed by atoms with Gasteiger partial charge in [0.05, 0.1) is 4.92 Å². The van der Waals surface area contributed by atoms with Crippen molar-refractivity contribution in [3.05, 3.63) is 39.9 Å². The normalized spacial score (nSPS) is 10.7. The van der Waals surface area contributed by atoms with Crippen LogP contribution in [-0.2, 0) is 0 Å². The Kier molecular flexibility index (Phi) is 5.45. The molecule has 0 aliphatic heterocycles. The van der Waals surface area contributed by atoms with Gasteiger partial charge in [-0.15, -0.1) is 10.2 Å². The third-order valence-electron chi connectivity index (χ3n) is 2.49. The van der Waals surface area contributed by atoms with Crippen molar-refractivity contribution < 1.29 is 9.72 Å². The number of hydrogen-bond acceptors (Lipinski definition) is 7. The Labute approximate surface area is 135 Å². The van der Waals surface area contributed by atoms with Gasteiger partial charge in [-0.3, -0.25) is 20.2 Å². The summed E-state index contributed by atoms with van der Waals surface area (Å²) in [5.74, 6) is 1.02. The number of nitro benzene ring substituents is 1. The van der Waals surface area contributed by atoms with Crippen LogP contribution in [0.4, 0.5) is 10.8 Å². The molecule has 0 bridgehead atoms. The van der Waals surface area contributed by atoms with Crippen LogP contribution >= 0.6 is 23.1 Å². The van der Waals surface area contributed by atoms with Gasteiger partial charge in [0.15, 0.2) is 4.34 Å². The van der Waals surface area contributed by atoms with E-state index >= 15 is 0 Å². The second-order valence-electron chi connectivity index (χ2n) is 4.84. The maximum Gasteiger partial charge on any atom is 0.270 e. The summed E-state index contributed by atoms with van der Waals surface area (Å²) in [5.41, 5.74) is 0.0823. The van der Waals surface area contributed by atoms with E-state index in [4.69, 9.17) is 0 Å². The molecule has 1 amide bonds. The molecule has 0 saturated carbocycles. The van der Waals surface area contributed by atoms with E-state index < -0.39 is 10.8 Å². The number of amides is 1. The predicted octanol–water partition coefficient (Wildman–Crippen LogP) is 3.45. The number of nitro groups is 1. The van der Waals surface area contributed by atoms with Gasteiger partial charge < -0.3 is 0 Å². The number of carbonyl (C=O) groups excluding carboxylic acids is 1. The topological polar surface area (TPSA) is 98.0 Å². The minimum atomic E-state index is -0.539. The third kappa shape index (κ3) is 4.50. The summed E-state index contributed by atoms with van der Waals surface area (Å²) in [4.78, 5) is 22.2. The molecule has 22 heavy (non-hydrogen) atoms. The maximum absolute atomic E-state index is 12.1. The lowest BCUT2D eigenvalue weighted by molar-refractivity contribution is -0.384. The molecule has 1 heterocycles. The van der Waals surface area contributed by atoms with E-state index in [0.717, 1.165) is 10.1 Å². The van der Waals surface area contributed by atoms with E-state index in [2.05, 4.69) is 29.4 Å². The lowest BCUT2D eigenvalue weighted by Crippen LogP contribution is -2.11. The molecular formula is C13H14N4O3S2. The van der Waals surface area contributed by atoms with E-state index in [-0.39, 0.29) is 11.3 Å². The SMILES string of the molecule is CC(C)CSc1nnc(NC(=O)c2cccc([N+](=O)[O-])c2)s1. The van der Waals surface area contributed by atoms with E-state index in [1.807, 2.05) is 0 Å². The Morgan fingerprint density at radius 3 is 2.91 bits per heavy atom. The average Bonchev–Trinajstić information content (AvgIpc) is 2.92. The fourth-order valence-electron chi connectivity index (χ4n) is 1.49. The standard InChI is InChI=1S/C13H14N4O3S2/c1-8(2)7-21-13-16-15-12(22-13)14-11(18)9-4-3-5-10(6-9)17(19)20/h3-6,8H,7H2,1-2H3,(H,14,15,18). The van der Waals surface area contributed by atoms with Crippen LogP contribution in [0, 0.1) is 16.0 Å². The summed E-state index contributed by atoms with van der Waals surface area (Å²) >= 11 is 2.87. The smallest absolute Gasteiger partial charge is 0.270 e. The Morgan fingerprint density at radius 1 is 1.45 bits per heavy atom. The third-order valence-corrected chi connectivity index (χ3v) is 4.89. The predicted molar refractivity (Wildman–Crippen MR) is 86.5 cm³/mol. The van der Waals surface area contributed by atoms with Gasteiger partial charge >= 0.3 is 0 Å². The molecule has 9 heteroatoms. The van der Waals surface area contributed by atoms with Gasteiger partial charge in [0, 0.05) is 23.4 Å². The number of thioether (sulfide) groups is 1. The number of non-ortho nitro benzene ring substituents is 1. The number of carbonyl (C=O) groups is 1. The van der Waals surface area contributed by atoms with Crippen molar-refractivity contribution in [3.8, 4) is 0 Å². The minimum Gasteiger partial charge on any atom is -0.296 e. The van der Waals surface area contributed by atoms with Gasteiger partial charge in [0.2, 0.25) is 5.13 Å². The first-order valence-electron chi connectivity index (χ1n) is 6.48. The maximum atomic E-state index is 12.1. The van der Waals surface area contributed by atoms with E-state index in [9.17, 15) is 14.9 Å². The molecule has 2 rings (SSSR count). The molecule has 0 fully saturated rings. The quantitative estimate of drug-likeness (QED) is 0.375. The average molecular weight is 338 g/mol. The second kappa shape index (κ2) is 7.32. The largest absolute Gasteiger partial charge is 0.296 e. The summed E-state index contributed by atoms with van der Waals surface area (Å²) in [5, 5.41) is 21.6. The summed E-state index contributed by atoms with van der Waals surface area (Å²) in [6, 6.07) is 5.54. The van der Waals surface area contributed by atoms with Crippen LogP contribution in [0.1, 0.15) is 24.2 Å². The molecule has 0 aliphatic rings. The van der Waals surface area contributed by atoms with Crippen LogP contribution < -0.4 is 5.32 Å². The molecule has 1 N–H and O–H groups in total. The Bertz CT molecular complexity index is 687. The highest BCUT2D eigenvalue weighted by Gasteiger charge is 2.14. The van der Waals surface area contributed by atoms with Crippen molar-refractivity contribution in [3.63, 3.8) is 0 Å². The first kappa shape index (κ1) is 16.4. The van der Waals surface area contributed by atoms with Gasteiger partial charge in [0.1, 0.15) is 0 Å². The summed E-state index contributed by atoms with van der Waals surface area (Å²) in [7, 11) is 0. The number of anilines is 1. The lowest BCUT2D eigenvalue weighted by Gasteiger charge is -2.01. The van der Waals surface area contributed by atoms with Gasteiger partial charge in [-0.25, -0.2) is 0 Å². The van der Waals surface area contributed by atoms with Crippen molar-refractivity contribution in [1.82, 2.24) is 10.2 Å². The monoisotopic (exact) mass is 338 g/mol. The molecule has 1 aromatic heterocycles. The van der Waals surface area contributed by atoms with Gasteiger partial charge in [-0.05, 0) is 12.0 Å². The number of nitrogens with one attached hydrogen (secondary N) is 1. The van der Waals surface area contributed by atoms with Gasteiger partial charge in [0.25, 0.3) is 11.6 Å². The minimum absolute atomic E-state index is 0.127. The van der Waals surface area contributed by atoms with E-state index in [0.29, 0.717) is 11.0 Å². The fourth-order valence-corrected chi connectivity index (χ4v) is 3.21. The Hall–Kier alpha value is -2.00. The molecule has 0 spiro atoms. The van der Waals surface area contributed by atoms with Crippen molar-refractivity contribution in [2.24, 2.45) is 5.92 Å². The van der Waals surface area contributed by atoms with Crippen molar-refractivity contribution >= 4 is 39.8 Å². The van der Waals surface area contributed by atoms with Crippen LogP contribution in [0.2, 0.25) is 0 Å². The fraction of sp³-hybridized carbons (Fsp3) is 0.308. The van der Waals surface area contributed by atoms with Crippen LogP contribution in [-0.4, -0.2) is 26.8 Å². The Morgan fingerprint density at radius 2 is 2.23 bits per heavy atom. The van der Waals surface area contributed by atoms with Crippen molar-refractivity contribution in [2.75, 3.05) is 11.1 Å². The molecule has 0 radical (unpaired) electrons. The number of aromatic nitrogens is 2. The van der Waals surface area contributed by atoms with Crippen LogP contribution in [0.5, 0.6) is 0 Å². The summed E-state index contributed by atoms with van der Waals surface area (Å²) in [6.07, 6.45) is 0.